The summed E-state index contributed by atoms with van der Waals surface area (Å²) in [4.78, 5) is 19.3. The molecule has 26 heavy (non-hydrogen) atoms. The predicted molar refractivity (Wildman–Crippen MR) is 97.6 cm³/mol. The fourth-order valence-electron chi connectivity index (χ4n) is 3.21. The lowest BCUT2D eigenvalue weighted by molar-refractivity contribution is -0.131. The van der Waals surface area contributed by atoms with Gasteiger partial charge in [-0.3, -0.25) is 9.89 Å². The lowest BCUT2D eigenvalue weighted by Gasteiger charge is -2.29. The van der Waals surface area contributed by atoms with Crippen LogP contribution in [0.25, 0.3) is 11.1 Å². The lowest BCUT2D eigenvalue weighted by Crippen LogP contribution is -2.41. The number of carbonyl (C=O) groups excluding carboxylic acids is 1. The monoisotopic (exact) mass is 372 g/mol. The van der Waals surface area contributed by atoms with E-state index in [9.17, 15) is 9.90 Å². The molecule has 0 bridgehead atoms. The van der Waals surface area contributed by atoms with E-state index >= 15 is 0 Å². The Hall–Kier alpha value is -2.32. The van der Waals surface area contributed by atoms with Crippen LogP contribution < -0.4 is 0 Å². The Bertz CT molecular complexity index is 889. The molecule has 1 aromatic carbocycles. The van der Waals surface area contributed by atoms with Gasteiger partial charge in [-0.2, -0.15) is 5.10 Å². The van der Waals surface area contributed by atoms with Crippen LogP contribution in [0.5, 0.6) is 0 Å². The largest absolute Gasteiger partial charge is 0.431 e. The van der Waals surface area contributed by atoms with E-state index in [-0.39, 0.29) is 17.8 Å². The molecule has 0 fully saturated rings. The van der Waals surface area contributed by atoms with Crippen LogP contribution in [-0.2, 0) is 24.4 Å². The second kappa shape index (κ2) is 7.13. The first-order valence-electron chi connectivity index (χ1n) is 8.66. The fraction of sp³-hybridized carbons (Fsp3) is 0.389. The third kappa shape index (κ3) is 3.10. The van der Waals surface area contributed by atoms with Crippen LogP contribution in [0.4, 0.5) is 0 Å². The molecule has 1 aliphatic heterocycles. The number of aliphatic hydroxyl groups excluding tert-OH is 1. The molecule has 0 spiro atoms. The third-order valence-corrected chi connectivity index (χ3v) is 5.84. The fourth-order valence-corrected chi connectivity index (χ4v) is 4.16. The van der Waals surface area contributed by atoms with Gasteiger partial charge in [0.25, 0.3) is 5.22 Å². The number of aliphatic hydroxyl groups is 1. The number of rotatable bonds is 5. The first-order valence-corrected chi connectivity index (χ1v) is 9.54. The number of aromatic nitrogens is 3. The number of benzene rings is 1. The molecule has 1 atom stereocenters. The molecule has 3 heterocycles. The number of H-pyrrole nitrogens is 1. The molecule has 1 amide bonds. The molecule has 7 nitrogen and oxygen atoms in total. The molecule has 0 unspecified atom stereocenters. The lowest BCUT2D eigenvalue weighted by atomic mass is 10.0. The van der Waals surface area contributed by atoms with Crippen LogP contribution in [0, 0.1) is 0 Å². The van der Waals surface area contributed by atoms with Gasteiger partial charge in [-0.05, 0) is 18.6 Å². The van der Waals surface area contributed by atoms with Crippen LogP contribution in [0.1, 0.15) is 30.3 Å². The molecule has 0 saturated heterocycles. The summed E-state index contributed by atoms with van der Waals surface area (Å²) in [7, 11) is 0. The Morgan fingerprint density at radius 3 is 3.08 bits per heavy atom. The van der Waals surface area contributed by atoms with E-state index in [4.69, 9.17) is 4.42 Å². The van der Waals surface area contributed by atoms with Crippen molar-refractivity contribution in [2.45, 2.75) is 43.4 Å². The average Bonchev–Trinajstić information content (AvgIpc) is 3.27. The van der Waals surface area contributed by atoms with Crippen LogP contribution in [-0.4, -0.2) is 42.9 Å². The van der Waals surface area contributed by atoms with Gasteiger partial charge in [-0.15, -0.1) is 0 Å². The normalized spacial score (nSPS) is 15.2. The zero-order valence-corrected chi connectivity index (χ0v) is 15.3. The Morgan fingerprint density at radius 2 is 2.31 bits per heavy atom. The van der Waals surface area contributed by atoms with E-state index in [1.54, 1.807) is 0 Å². The summed E-state index contributed by atoms with van der Waals surface area (Å²) in [6.07, 6.45) is 1.40. The number of fused-ring (bicyclic) bond motifs is 2. The summed E-state index contributed by atoms with van der Waals surface area (Å²) in [5.41, 5.74) is 4.10. The third-order valence-electron chi connectivity index (χ3n) is 4.64. The van der Waals surface area contributed by atoms with Gasteiger partial charge in [0.1, 0.15) is 5.52 Å². The molecule has 3 aromatic rings. The number of oxazole rings is 1. The smallest absolute Gasteiger partial charge is 0.257 e. The maximum absolute atomic E-state index is 13.0. The number of carbonyl (C=O) groups is 1. The minimum Gasteiger partial charge on any atom is -0.431 e. The van der Waals surface area contributed by atoms with Gasteiger partial charge in [-0.25, -0.2) is 4.98 Å². The predicted octanol–water partition coefficient (Wildman–Crippen LogP) is 2.50. The summed E-state index contributed by atoms with van der Waals surface area (Å²) < 4.78 is 5.75. The average molecular weight is 372 g/mol. The quantitative estimate of drug-likeness (QED) is 0.668. The van der Waals surface area contributed by atoms with E-state index in [0.29, 0.717) is 30.4 Å². The van der Waals surface area contributed by atoms with Crippen molar-refractivity contribution in [1.82, 2.24) is 20.1 Å². The first-order chi connectivity index (χ1) is 12.7. The molecule has 8 heteroatoms. The maximum Gasteiger partial charge on any atom is 0.257 e. The minimum absolute atomic E-state index is 0.0653. The van der Waals surface area contributed by atoms with Crippen LogP contribution in [0.15, 0.2) is 33.9 Å². The topological polar surface area (TPSA) is 95.3 Å². The highest BCUT2D eigenvalue weighted by molar-refractivity contribution is 8.00. The Balaban J connectivity index is 1.50. The zero-order chi connectivity index (χ0) is 18.1. The van der Waals surface area contributed by atoms with Crippen molar-refractivity contribution in [3.63, 3.8) is 0 Å². The molecule has 0 radical (unpaired) electrons. The van der Waals surface area contributed by atoms with Crippen LogP contribution in [0.3, 0.4) is 0 Å². The second-order valence-corrected chi connectivity index (χ2v) is 7.41. The number of para-hydroxylation sites is 2. The van der Waals surface area contributed by atoms with Crippen molar-refractivity contribution < 1.29 is 14.3 Å². The maximum atomic E-state index is 13.0. The Kier molecular flexibility index (Phi) is 4.69. The number of amides is 1. The standard InChI is InChI=1S/C18H20N4O3S/c1-2-16(26-18-19-13-5-3-4-6-15(13)25-18)17(24)22-8-7-12-11(9-22)14(10-23)21-20-12/h3-6,16,23H,2,7-10H2,1H3,(H,20,21)/t16-/m1/s1. The van der Waals surface area contributed by atoms with Gasteiger partial charge in [0.05, 0.1) is 17.6 Å². The van der Waals surface area contributed by atoms with E-state index in [1.165, 1.54) is 11.8 Å². The van der Waals surface area contributed by atoms with E-state index in [1.807, 2.05) is 36.1 Å². The summed E-state index contributed by atoms with van der Waals surface area (Å²) in [5, 5.41) is 16.8. The summed E-state index contributed by atoms with van der Waals surface area (Å²) in [6, 6.07) is 7.58. The van der Waals surface area contributed by atoms with Gasteiger partial charge in [0.15, 0.2) is 5.58 Å². The van der Waals surface area contributed by atoms with Crippen molar-refractivity contribution in [3.05, 3.63) is 41.2 Å². The summed E-state index contributed by atoms with van der Waals surface area (Å²) in [5.74, 6) is 0.0653. The van der Waals surface area contributed by atoms with E-state index < -0.39 is 0 Å². The molecule has 4 rings (SSSR count). The number of hydrogen-bond donors (Lipinski definition) is 2. The Labute approximate surface area is 154 Å². The van der Waals surface area contributed by atoms with Gasteiger partial charge < -0.3 is 14.4 Å². The first kappa shape index (κ1) is 17.1. The Morgan fingerprint density at radius 1 is 1.46 bits per heavy atom. The van der Waals surface area contributed by atoms with Crippen LogP contribution in [0.2, 0.25) is 0 Å². The van der Waals surface area contributed by atoms with Crippen molar-refractivity contribution in [2.24, 2.45) is 0 Å². The van der Waals surface area contributed by atoms with Crippen LogP contribution >= 0.6 is 11.8 Å². The number of thioether (sulfide) groups is 1. The summed E-state index contributed by atoms with van der Waals surface area (Å²) >= 11 is 1.37. The number of nitrogens with one attached hydrogen (secondary N) is 1. The van der Waals surface area contributed by atoms with Crippen molar-refractivity contribution in [1.29, 1.82) is 0 Å². The zero-order valence-electron chi connectivity index (χ0n) is 14.4. The number of nitrogens with zero attached hydrogens (tertiary/aromatic N) is 3. The molecule has 2 N–H and O–H groups in total. The highest BCUT2D eigenvalue weighted by Gasteiger charge is 2.30. The second-order valence-electron chi connectivity index (χ2n) is 6.26. The molecule has 2 aromatic heterocycles. The van der Waals surface area contributed by atoms with Gasteiger partial charge in [0.2, 0.25) is 5.91 Å². The molecule has 1 aliphatic rings. The highest BCUT2D eigenvalue weighted by Crippen LogP contribution is 2.30. The minimum atomic E-state index is -0.255. The van der Waals surface area contributed by atoms with Crippen molar-refractivity contribution >= 4 is 28.8 Å². The molecule has 0 saturated carbocycles. The van der Waals surface area contributed by atoms with E-state index in [2.05, 4.69) is 15.2 Å². The number of aromatic amines is 1. The van der Waals surface area contributed by atoms with Gasteiger partial charge >= 0.3 is 0 Å². The van der Waals surface area contributed by atoms with Gasteiger partial charge in [-0.1, -0.05) is 30.8 Å². The van der Waals surface area contributed by atoms with Crippen molar-refractivity contribution in [2.75, 3.05) is 6.54 Å². The van der Waals surface area contributed by atoms with Gasteiger partial charge in [0, 0.05) is 30.8 Å². The number of hydrogen-bond acceptors (Lipinski definition) is 6. The van der Waals surface area contributed by atoms with E-state index in [0.717, 1.165) is 28.8 Å². The highest BCUT2D eigenvalue weighted by atomic mass is 32.2. The molecule has 0 aliphatic carbocycles. The van der Waals surface area contributed by atoms with Crippen molar-refractivity contribution in [3.8, 4) is 0 Å². The molecular weight excluding hydrogens is 352 g/mol. The molecule has 136 valence electrons. The molecular formula is C18H20N4O3S. The SMILES string of the molecule is CC[C@@H](Sc1nc2ccccc2o1)C(=O)N1CCc2[nH]nc(CO)c2C1. The summed E-state index contributed by atoms with van der Waals surface area (Å²) in [6.45, 7) is 2.99.